The maximum absolute atomic E-state index is 12.7. The van der Waals surface area contributed by atoms with Gasteiger partial charge in [0.25, 0.3) is 0 Å². The number of carbonyl (C=O) groups excluding carboxylic acids is 2. The molecule has 0 spiro atoms. The van der Waals surface area contributed by atoms with Crippen LogP contribution in [0.25, 0.3) is 0 Å². The van der Waals surface area contributed by atoms with Gasteiger partial charge in [-0.15, -0.1) is 0 Å². The van der Waals surface area contributed by atoms with Crippen molar-refractivity contribution < 1.29 is 9.59 Å². The summed E-state index contributed by atoms with van der Waals surface area (Å²) in [4.78, 5) is 28.9. The van der Waals surface area contributed by atoms with Gasteiger partial charge in [0.05, 0.1) is 5.92 Å². The largest absolute Gasteiger partial charge is 0.341 e. The standard InChI is InChI=1S/C17H30N4O2/c18-14-6-4-9-20(12-14)16(22)13-5-3-10-21(11-13)17(23)19-15-7-1-2-8-15/h13-15H,1-12,18H2,(H,19,23). The van der Waals surface area contributed by atoms with E-state index in [1.807, 2.05) is 9.80 Å². The van der Waals surface area contributed by atoms with Crippen LogP contribution in [0.1, 0.15) is 51.4 Å². The molecule has 3 fully saturated rings. The Hall–Kier alpha value is -1.30. The molecule has 2 unspecified atom stereocenters. The van der Waals surface area contributed by atoms with Crippen LogP contribution in [0.5, 0.6) is 0 Å². The second-order valence-electron chi connectivity index (χ2n) is 7.40. The molecule has 0 aromatic heterocycles. The summed E-state index contributed by atoms with van der Waals surface area (Å²) in [6, 6.07) is 0.460. The lowest BCUT2D eigenvalue weighted by atomic mass is 9.95. The third kappa shape index (κ3) is 4.16. The molecule has 3 aliphatic rings. The van der Waals surface area contributed by atoms with E-state index in [-0.39, 0.29) is 23.9 Å². The molecule has 3 rings (SSSR count). The molecule has 2 saturated heterocycles. The van der Waals surface area contributed by atoms with Crippen molar-refractivity contribution in [3.8, 4) is 0 Å². The molecular formula is C17H30N4O2. The summed E-state index contributed by atoms with van der Waals surface area (Å²) in [5.41, 5.74) is 5.99. The van der Waals surface area contributed by atoms with E-state index in [9.17, 15) is 9.59 Å². The maximum atomic E-state index is 12.7. The van der Waals surface area contributed by atoms with Crippen molar-refractivity contribution in [2.45, 2.75) is 63.5 Å². The van der Waals surface area contributed by atoms with Crippen molar-refractivity contribution in [1.82, 2.24) is 15.1 Å². The minimum Gasteiger partial charge on any atom is -0.341 e. The first-order chi connectivity index (χ1) is 11.1. The minimum absolute atomic E-state index is 0.0183. The number of nitrogens with one attached hydrogen (secondary N) is 1. The zero-order chi connectivity index (χ0) is 16.2. The molecular weight excluding hydrogens is 292 g/mol. The number of rotatable bonds is 2. The first-order valence-corrected chi connectivity index (χ1v) is 9.23. The maximum Gasteiger partial charge on any atom is 0.317 e. The number of carbonyl (C=O) groups is 2. The molecule has 2 atom stereocenters. The van der Waals surface area contributed by atoms with E-state index in [0.717, 1.165) is 51.6 Å². The van der Waals surface area contributed by atoms with Crippen LogP contribution in [-0.2, 0) is 4.79 Å². The Balaban J connectivity index is 1.52. The lowest BCUT2D eigenvalue weighted by Gasteiger charge is -2.37. The van der Waals surface area contributed by atoms with Gasteiger partial charge >= 0.3 is 6.03 Å². The van der Waals surface area contributed by atoms with Gasteiger partial charge in [-0.1, -0.05) is 12.8 Å². The number of likely N-dealkylation sites (tertiary alicyclic amines) is 2. The van der Waals surface area contributed by atoms with Crippen LogP contribution in [0.15, 0.2) is 0 Å². The predicted molar refractivity (Wildman–Crippen MR) is 88.9 cm³/mol. The second-order valence-corrected chi connectivity index (χ2v) is 7.40. The monoisotopic (exact) mass is 322 g/mol. The Morgan fingerprint density at radius 1 is 0.870 bits per heavy atom. The fourth-order valence-electron chi connectivity index (χ4n) is 4.17. The molecule has 2 aliphatic heterocycles. The topological polar surface area (TPSA) is 78.7 Å². The first kappa shape index (κ1) is 16.6. The number of hydrogen-bond donors (Lipinski definition) is 2. The van der Waals surface area contributed by atoms with Crippen LogP contribution in [-0.4, -0.2) is 60.0 Å². The van der Waals surface area contributed by atoms with Crippen LogP contribution in [0.3, 0.4) is 0 Å². The molecule has 3 N–H and O–H groups in total. The third-order valence-corrected chi connectivity index (χ3v) is 5.51. The van der Waals surface area contributed by atoms with Crippen molar-refractivity contribution in [3.05, 3.63) is 0 Å². The molecule has 1 saturated carbocycles. The Kier molecular flexibility index (Phi) is 5.41. The molecule has 6 heteroatoms. The third-order valence-electron chi connectivity index (χ3n) is 5.51. The SMILES string of the molecule is NC1CCCN(C(=O)C2CCCN(C(=O)NC3CCCC3)C2)C1. The summed E-state index contributed by atoms with van der Waals surface area (Å²) in [7, 11) is 0. The van der Waals surface area contributed by atoms with Gasteiger partial charge < -0.3 is 20.9 Å². The van der Waals surface area contributed by atoms with E-state index in [2.05, 4.69) is 5.32 Å². The van der Waals surface area contributed by atoms with E-state index in [0.29, 0.717) is 19.1 Å². The summed E-state index contributed by atoms with van der Waals surface area (Å²) in [6.45, 7) is 2.81. The molecule has 2 heterocycles. The zero-order valence-electron chi connectivity index (χ0n) is 14.0. The Morgan fingerprint density at radius 3 is 2.30 bits per heavy atom. The Bertz CT molecular complexity index is 436. The van der Waals surface area contributed by atoms with E-state index in [4.69, 9.17) is 5.73 Å². The number of piperidine rings is 2. The number of nitrogens with two attached hydrogens (primary N) is 1. The lowest BCUT2D eigenvalue weighted by molar-refractivity contribution is -0.138. The molecule has 0 aromatic carbocycles. The molecule has 1 aliphatic carbocycles. The molecule has 130 valence electrons. The van der Waals surface area contributed by atoms with Crippen molar-refractivity contribution in [2.24, 2.45) is 11.7 Å². The predicted octanol–water partition coefficient (Wildman–Crippen LogP) is 1.30. The molecule has 6 nitrogen and oxygen atoms in total. The van der Waals surface area contributed by atoms with Crippen molar-refractivity contribution in [3.63, 3.8) is 0 Å². The first-order valence-electron chi connectivity index (χ1n) is 9.23. The molecule has 23 heavy (non-hydrogen) atoms. The van der Waals surface area contributed by atoms with Gasteiger partial charge in [-0.25, -0.2) is 4.79 Å². The number of nitrogens with zero attached hydrogens (tertiary/aromatic N) is 2. The number of urea groups is 1. The van der Waals surface area contributed by atoms with E-state index < -0.39 is 0 Å². The van der Waals surface area contributed by atoms with Gasteiger partial charge in [-0.2, -0.15) is 0 Å². The van der Waals surface area contributed by atoms with Gasteiger partial charge in [0.2, 0.25) is 5.91 Å². The van der Waals surface area contributed by atoms with Crippen LogP contribution >= 0.6 is 0 Å². The van der Waals surface area contributed by atoms with E-state index in [1.165, 1.54) is 12.8 Å². The van der Waals surface area contributed by atoms with E-state index in [1.54, 1.807) is 0 Å². The molecule has 0 bridgehead atoms. The van der Waals surface area contributed by atoms with Crippen LogP contribution < -0.4 is 11.1 Å². The van der Waals surface area contributed by atoms with Crippen LogP contribution in [0.4, 0.5) is 4.79 Å². The molecule has 0 radical (unpaired) electrons. The molecule has 0 aromatic rings. The van der Waals surface area contributed by atoms with Crippen molar-refractivity contribution >= 4 is 11.9 Å². The normalized spacial score (nSPS) is 29.6. The second kappa shape index (κ2) is 7.51. The average molecular weight is 322 g/mol. The van der Waals surface area contributed by atoms with Crippen LogP contribution in [0, 0.1) is 5.92 Å². The van der Waals surface area contributed by atoms with Gasteiger partial charge in [0.1, 0.15) is 0 Å². The fourth-order valence-corrected chi connectivity index (χ4v) is 4.17. The Morgan fingerprint density at radius 2 is 1.57 bits per heavy atom. The average Bonchev–Trinajstić information content (AvgIpc) is 3.07. The highest BCUT2D eigenvalue weighted by Crippen LogP contribution is 2.22. The zero-order valence-corrected chi connectivity index (χ0v) is 14.0. The minimum atomic E-state index is -0.0524. The van der Waals surface area contributed by atoms with Gasteiger partial charge in [-0.05, 0) is 38.5 Å². The fraction of sp³-hybridized carbons (Fsp3) is 0.882. The molecule has 3 amide bonds. The highest BCUT2D eigenvalue weighted by atomic mass is 16.2. The van der Waals surface area contributed by atoms with Crippen LogP contribution in [0.2, 0.25) is 0 Å². The van der Waals surface area contributed by atoms with Gasteiger partial charge in [-0.3, -0.25) is 4.79 Å². The number of hydrogen-bond acceptors (Lipinski definition) is 3. The summed E-state index contributed by atoms with van der Waals surface area (Å²) in [5.74, 6) is 0.141. The van der Waals surface area contributed by atoms with Crippen molar-refractivity contribution in [1.29, 1.82) is 0 Å². The number of amides is 3. The smallest absolute Gasteiger partial charge is 0.317 e. The highest BCUT2D eigenvalue weighted by Gasteiger charge is 2.33. The summed E-state index contributed by atoms with van der Waals surface area (Å²) in [6.07, 6.45) is 8.39. The lowest BCUT2D eigenvalue weighted by Crippen LogP contribution is -2.53. The summed E-state index contributed by atoms with van der Waals surface area (Å²) >= 11 is 0. The quantitative estimate of drug-likeness (QED) is 0.804. The van der Waals surface area contributed by atoms with E-state index >= 15 is 0 Å². The summed E-state index contributed by atoms with van der Waals surface area (Å²) in [5, 5.41) is 3.14. The van der Waals surface area contributed by atoms with Gasteiger partial charge in [0, 0.05) is 38.3 Å². The van der Waals surface area contributed by atoms with Crippen molar-refractivity contribution in [2.75, 3.05) is 26.2 Å². The van der Waals surface area contributed by atoms with Gasteiger partial charge in [0.15, 0.2) is 0 Å². The Labute approximate surface area is 138 Å². The highest BCUT2D eigenvalue weighted by molar-refractivity contribution is 5.81. The summed E-state index contributed by atoms with van der Waals surface area (Å²) < 4.78 is 0.